The fourth-order valence-corrected chi connectivity index (χ4v) is 4.04. The average Bonchev–Trinajstić information content (AvgIpc) is 2.67. The van der Waals surface area contributed by atoms with Crippen molar-refractivity contribution in [1.29, 1.82) is 0 Å². The highest BCUT2D eigenvalue weighted by Crippen LogP contribution is 2.32. The molecule has 0 radical (unpaired) electrons. The number of aryl methyl sites for hydroxylation is 1. The number of thioether (sulfide) groups is 1. The summed E-state index contributed by atoms with van der Waals surface area (Å²) in [5, 5.41) is 13.8. The third kappa shape index (κ3) is 4.26. The summed E-state index contributed by atoms with van der Waals surface area (Å²) in [6.07, 6.45) is 1.39. The summed E-state index contributed by atoms with van der Waals surface area (Å²) >= 11 is 7.32. The number of nitrogens with one attached hydrogen (secondary N) is 1. The minimum absolute atomic E-state index is 0.0216. The van der Waals surface area contributed by atoms with Gasteiger partial charge in [0, 0.05) is 11.1 Å². The maximum absolute atomic E-state index is 12.9. The van der Waals surface area contributed by atoms with Crippen LogP contribution in [0.1, 0.15) is 46.9 Å². The van der Waals surface area contributed by atoms with Gasteiger partial charge in [-0.2, -0.15) is 0 Å². The monoisotopic (exact) mass is 432 g/mol. The van der Waals surface area contributed by atoms with E-state index in [0.717, 1.165) is 16.9 Å². The Morgan fingerprint density at radius 3 is 2.72 bits per heavy atom. The van der Waals surface area contributed by atoms with Gasteiger partial charge in [-0.25, -0.2) is 9.78 Å². The van der Waals surface area contributed by atoms with Crippen LogP contribution in [0.25, 0.3) is 11.0 Å². The molecule has 0 aliphatic heterocycles. The maximum Gasteiger partial charge on any atom is 0.337 e. The predicted molar refractivity (Wildman–Crippen MR) is 117 cm³/mol. The van der Waals surface area contributed by atoms with Crippen molar-refractivity contribution >= 4 is 46.0 Å². The number of carbonyl (C=O) groups is 1. The van der Waals surface area contributed by atoms with Gasteiger partial charge in [0.15, 0.2) is 10.5 Å². The Balaban J connectivity index is 2.14. The molecule has 2 aromatic heterocycles. The number of carboxylic acid groups (broad SMARTS) is 1. The Morgan fingerprint density at radius 2 is 2.07 bits per heavy atom. The number of carboxylic acids is 1. The summed E-state index contributed by atoms with van der Waals surface area (Å²) in [5.41, 5.74) is 3.07. The summed E-state index contributed by atoms with van der Waals surface area (Å²) in [7, 11) is 0. The Labute approximate surface area is 177 Å². The van der Waals surface area contributed by atoms with Crippen LogP contribution in [0.4, 0.5) is 5.69 Å². The lowest BCUT2D eigenvalue weighted by Gasteiger charge is -2.19. The highest BCUT2D eigenvalue weighted by atomic mass is 35.5. The number of nitrogens with zero attached hydrogens (tertiary/aromatic N) is 1. The van der Waals surface area contributed by atoms with E-state index in [1.165, 1.54) is 24.0 Å². The van der Waals surface area contributed by atoms with Crippen molar-refractivity contribution in [3.8, 4) is 0 Å². The van der Waals surface area contributed by atoms with Crippen LogP contribution < -0.4 is 10.7 Å². The quantitative estimate of drug-likeness (QED) is 0.395. The van der Waals surface area contributed by atoms with Gasteiger partial charge in [-0.3, -0.25) is 4.79 Å². The standard InChI is InChI=1S/C21H21ClN2O4S/c1-5-29-21-11(3)18(25)15-7-10(2)6-13(19(15)28-21)12(4)24-16-9-23-17(22)8-14(16)20(26)27/h6-9,12,24H,5H2,1-4H3,(H,26,27). The van der Waals surface area contributed by atoms with E-state index in [2.05, 4.69) is 10.3 Å². The lowest BCUT2D eigenvalue weighted by atomic mass is 10.0. The average molecular weight is 433 g/mol. The van der Waals surface area contributed by atoms with Crippen LogP contribution in [-0.2, 0) is 0 Å². The van der Waals surface area contributed by atoms with Crippen molar-refractivity contribution in [2.45, 2.75) is 38.8 Å². The molecule has 0 fully saturated rings. The van der Waals surface area contributed by atoms with Gasteiger partial charge in [-0.1, -0.05) is 36.4 Å². The summed E-state index contributed by atoms with van der Waals surface area (Å²) in [4.78, 5) is 28.4. The van der Waals surface area contributed by atoms with E-state index in [9.17, 15) is 14.7 Å². The number of anilines is 1. The first kappa shape index (κ1) is 21.2. The first-order valence-electron chi connectivity index (χ1n) is 9.09. The lowest BCUT2D eigenvalue weighted by molar-refractivity contribution is 0.0697. The van der Waals surface area contributed by atoms with Crippen LogP contribution in [0, 0.1) is 13.8 Å². The fraction of sp³-hybridized carbons (Fsp3) is 0.286. The molecule has 2 heterocycles. The maximum atomic E-state index is 12.9. The van der Waals surface area contributed by atoms with Gasteiger partial charge in [0.1, 0.15) is 10.7 Å². The molecule has 0 amide bonds. The van der Waals surface area contributed by atoms with Gasteiger partial charge in [-0.15, -0.1) is 0 Å². The zero-order valence-corrected chi connectivity index (χ0v) is 18.1. The van der Waals surface area contributed by atoms with Crippen LogP contribution in [0.3, 0.4) is 0 Å². The highest BCUT2D eigenvalue weighted by molar-refractivity contribution is 7.99. The van der Waals surface area contributed by atoms with Crippen molar-refractivity contribution in [2.24, 2.45) is 0 Å². The molecule has 0 aliphatic carbocycles. The van der Waals surface area contributed by atoms with E-state index in [1.54, 1.807) is 6.92 Å². The molecular weight excluding hydrogens is 412 g/mol. The predicted octanol–water partition coefficient (Wildman–Crippen LogP) is 5.44. The molecule has 0 saturated carbocycles. The van der Waals surface area contributed by atoms with Gasteiger partial charge >= 0.3 is 5.97 Å². The van der Waals surface area contributed by atoms with Crippen molar-refractivity contribution in [3.63, 3.8) is 0 Å². The molecule has 6 nitrogen and oxygen atoms in total. The number of aromatic carboxylic acids is 1. The number of aromatic nitrogens is 1. The first-order chi connectivity index (χ1) is 13.7. The van der Waals surface area contributed by atoms with Gasteiger partial charge in [-0.05, 0) is 44.2 Å². The van der Waals surface area contributed by atoms with E-state index in [-0.39, 0.29) is 22.2 Å². The van der Waals surface area contributed by atoms with Gasteiger partial charge in [0.25, 0.3) is 0 Å². The van der Waals surface area contributed by atoms with E-state index in [0.29, 0.717) is 27.3 Å². The molecule has 0 bridgehead atoms. The molecule has 29 heavy (non-hydrogen) atoms. The number of hydrogen-bond acceptors (Lipinski definition) is 6. The molecule has 8 heteroatoms. The third-order valence-corrected chi connectivity index (χ3v) is 5.71. The van der Waals surface area contributed by atoms with E-state index < -0.39 is 5.97 Å². The smallest absolute Gasteiger partial charge is 0.337 e. The minimum Gasteiger partial charge on any atom is -0.478 e. The number of pyridine rings is 1. The number of benzene rings is 1. The normalized spacial score (nSPS) is 12.2. The molecule has 1 unspecified atom stereocenters. The van der Waals surface area contributed by atoms with Crippen molar-refractivity contribution in [2.75, 3.05) is 11.1 Å². The van der Waals surface area contributed by atoms with Crippen LogP contribution >= 0.6 is 23.4 Å². The van der Waals surface area contributed by atoms with Crippen molar-refractivity contribution in [3.05, 3.63) is 62.0 Å². The zero-order chi connectivity index (χ0) is 21.3. The number of rotatable bonds is 6. The van der Waals surface area contributed by atoms with Crippen LogP contribution in [0.5, 0.6) is 0 Å². The van der Waals surface area contributed by atoms with Gasteiger partial charge < -0.3 is 14.8 Å². The topological polar surface area (TPSA) is 92.4 Å². The van der Waals surface area contributed by atoms with Gasteiger partial charge in [0.05, 0.1) is 28.9 Å². The van der Waals surface area contributed by atoms with Gasteiger partial charge in [0.2, 0.25) is 0 Å². The molecule has 1 aromatic carbocycles. The van der Waals surface area contributed by atoms with Crippen LogP contribution in [0.15, 0.2) is 38.7 Å². The van der Waals surface area contributed by atoms with E-state index >= 15 is 0 Å². The number of halogens is 1. The number of hydrogen-bond donors (Lipinski definition) is 2. The molecule has 3 aromatic rings. The Bertz CT molecular complexity index is 1160. The third-order valence-electron chi connectivity index (χ3n) is 4.56. The molecular formula is C21H21ClN2O4S. The van der Waals surface area contributed by atoms with E-state index in [1.807, 2.05) is 32.9 Å². The molecule has 1 atom stereocenters. The second-order valence-corrected chi connectivity index (χ2v) is 8.36. The second-order valence-electron chi connectivity index (χ2n) is 6.73. The Morgan fingerprint density at radius 1 is 1.34 bits per heavy atom. The van der Waals surface area contributed by atoms with Crippen LogP contribution in [-0.4, -0.2) is 21.8 Å². The lowest BCUT2D eigenvalue weighted by Crippen LogP contribution is -2.14. The molecule has 152 valence electrons. The first-order valence-corrected chi connectivity index (χ1v) is 10.4. The molecule has 0 aliphatic rings. The SMILES string of the molecule is CCSc1oc2c(C(C)Nc3cnc(Cl)cc3C(=O)O)cc(C)cc2c(=O)c1C. The minimum atomic E-state index is -1.11. The molecule has 0 spiro atoms. The number of fused-ring (bicyclic) bond motifs is 1. The van der Waals surface area contributed by atoms with Crippen molar-refractivity contribution in [1.82, 2.24) is 4.98 Å². The fourth-order valence-electron chi connectivity index (χ4n) is 3.17. The Kier molecular flexibility index (Phi) is 6.19. The Hall–Kier alpha value is -2.51. The molecule has 2 N–H and O–H groups in total. The van der Waals surface area contributed by atoms with Crippen LogP contribution in [0.2, 0.25) is 5.15 Å². The van der Waals surface area contributed by atoms with Crippen molar-refractivity contribution < 1.29 is 14.3 Å². The molecule has 0 saturated heterocycles. The summed E-state index contributed by atoms with van der Waals surface area (Å²) < 4.78 is 6.13. The highest BCUT2D eigenvalue weighted by Gasteiger charge is 2.20. The van der Waals surface area contributed by atoms with E-state index in [4.69, 9.17) is 16.0 Å². The summed E-state index contributed by atoms with van der Waals surface area (Å²) in [6.45, 7) is 7.55. The molecule has 3 rings (SSSR count). The summed E-state index contributed by atoms with van der Waals surface area (Å²) in [5.74, 6) is -0.329. The zero-order valence-electron chi connectivity index (χ0n) is 16.5. The largest absolute Gasteiger partial charge is 0.478 e. The second kappa shape index (κ2) is 8.47. The summed E-state index contributed by atoms with van der Waals surface area (Å²) in [6, 6.07) is 4.70.